The largest absolute Gasteiger partial charge is 0.388 e. The first-order valence-corrected chi connectivity index (χ1v) is 5.97. The van der Waals surface area contributed by atoms with Crippen LogP contribution in [0.25, 0.3) is 11.2 Å². The SMILES string of the molecule is Nc1nc(N)c2ncn([C@@H]3OC[C@@H](O)[C@@H](O)[C@@]3(O)F)c2n1. The zero-order chi connectivity index (χ0) is 15.4. The van der Waals surface area contributed by atoms with E-state index in [2.05, 4.69) is 15.0 Å². The van der Waals surface area contributed by atoms with Gasteiger partial charge in [-0.05, 0) is 0 Å². The number of imidazole rings is 1. The van der Waals surface area contributed by atoms with Crippen molar-refractivity contribution in [3.8, 4) is 0 Å². The predicted molar refractivity (Wildman–Crippen MR) is 67.2 cm³/mol. The molecule has 0 amide bonds. The van der Waals surface area contributed by atoms with Crippen molar-refractivity contribution in [2.75, 3.05) is 18.1 Å². The Hall–Kier alpha value is -2.08. The number of nitrogens with two attached hydrogens (primary N) is 2. The fourth-order valence-corrected chi connectivity index (χ4v) is 2.22. The molecule has 10 nitrogen and oxygen atoms in total. The maximum atomic E-state index is 14.3. The van der Waals surface area contributed by atoms with Gasteiger partial charge in [0.2, 0.25) is 5.95 Å². The lowest BCUT2D eigenvalue weighted by atomic mass is 10.0. The molecule has 2 aromatic heterocycles. The number of nitrogens with zero attached hydrogens (tertiary/aromatic N) is 4. The lowest BCUT2D eigenvalue weighted by Crippen LogP contribution is -2.57. The van der Waals surface area contributed by atoms with Crippen molar-refractivity contribution >= 4 is 22.9 Å². The molecule has 11 heteroatoms. The molecule has 0 aromatic carbocycles. The fourth-order valence-electron chi connectivity index (χ4n) is 2.22. The predicted octanol–water partition coefficient (Wildman–Crippen LogP) is -2.10. The van der Waals surface area contributed by atoms with E-state index in [0.717, 1.165) is 10.9 Å². The Morgan fingerprint density at radius 3 is 2.81 bits per heavy atom. The summed E-state index contributed by atoms with van der Waals surface area (Å²) in [6.45, 7) is -0.381. The number of halogens is 1. The summed E-state index contributed by atoms with van der Waals surface area (Å²) in [5.41, 5.74) is 11.3. The molecule has 21 heavy (non-hydrogen) atoms. The van der Waals surface area contributed by atoms with Crippen LogP contribution in [-0.2, 0) is 4.74 Å². The van der Waals surface area contributed by atoms with E-state index in [1.165, 1.54) is 0 Å². The summed E-state index contributed by atoms with van der Waals surface area (Å²) in [7, 11) is 0. The third-order valence-electron chi connectivity index (χ3n) is 3.27. The summed E-state index contributed by atoms with van der Waals surface area (Å²) in [4.78, 5) is 11.5. The van der Waals surface area contributed by atoms with Crippen LogP contribution >= 0.6 is 0 Å². The monoisotopic (exact) mass is 300 g/mol. The molecular formula is C10H13FN6O4. The fraction of sp³-hybridized carbons (Fsp3) is 0.500. The number of rotatable bonds is 1. The minimum absolute atomic E-state index is 0.0185. The minimum atomic E-state index is -3.25. The number of nitrogen functional groups attached to an aromatic ring is 2. The van der Waals surface area contributed by atoms with Gasteiger partial charge >= 0.3 is 0 Å². The molecule has 2 aromatic rings. The maximum Gasteiger partial charge on any atom is 0.281 e. The number of anilines is 2. The highest BCUT2D eigenvalue weighted by molar-refractivity contribution is 5.82. The maximum absolute atomic E-state index is 14.3. The van der Waals surface area contributed by atoms with Gasteiger partial charge in [-0.15, -0.1) is 0 Å². The number of aliphatic hydroxyl groups excluding tert-OH is 2. The third-order valence-corrected chi connectivity index (χ3v) is 3.27. The van der Waals surface area contributed by atoms with Crippen molar-refractivity contribution in [3.63, 3.8) is 0 Å². The van der Waals surface area contributed by atoms with Gasteiger partial charge in [0.05, 0.1) is 12.9 Å². The first kappa shape index (κ1) is 13.9. The molecule has 1 saturated heterocycles. The van der Waals surface area contributed by atoms with Gasteiger partial charge in [0, 0.05) is 0 Å². The molecule has 1 aliphatic rings. The van der Waals surface area contributed by atoms with Crippen LogP contribution in [0, 0.1) is 0 Å². The minimum Gasteiger partial charge on any atom is -0.388 e. The van der Waals surface area contributed by atoms with Crippen molar-refractivity contribution in [1.82, 2.24) is 19.5 Å². The second-order valence-corrected chi connectivity index (χ2v) is 4.72. The van der Waals surface area contributed by atoms with E-state index >= 15 is 0 Å². The first-order chi connectivity index (χ1) is 9.82. The molecule has 0 saturated carbocycles. The second kappa shape index (κ2) is 4.46. The van der Waals surface area contributed by atoms with Crippen LogP contribution in [0.5, 0.6) is 0 Å². The van der Waals surface area contributed by atoms with Crippen molar-refractivity contribution in [3.05, 3.63) is 6.33 Å². The molecule has 3 rings (SSSR count). The van der Waals surface area contributed by atoms with E-state index in [-0.39, 0.29) is 29.5 Å². The normalized spacial score (nSPS) is 33.4. The Bertz CT molecular complexity index is 691. The zero-order valence-corrected chi connectivity index (χ0v) is 10.6. The number of aliphatic hydroxyl groups is 3. The number of hydrogen-bond acceptors (Lipinski definition) is 9. The van der Waals surface area contributed by atoms with E-state index in [4.69, 9.17) is 16.2 Å². The molecule has 1 aliphatic heterocycles. The molecule has 0 unspecified atom stereocenters. The van der Waals surface area contributed by atoms with Crippen LogP contribution in [0.4, 0.5) is 16.2 Å². The van der Waals surface area contributed by atoms with E-state index in [1.807, 2.05) is 0 Å². The lowest BCUT2D eigenvalue weighted by molar-refractivity contribution is -0.318. The van der Waals surface area contributed by atoms with Gasteiger partial charge in [-0.2, -0.15) is 9.97 Å². The smallest absolute Gasteiger partial charge is 0.281 e. The van der Waals surface area contributed by atoms with Crippen molar-refractivity contribution in [2.24, 2.45) is 0 Å². The molecule has 4 atom stereocenters. The second-order valence-electron chi connectivity index (χ2n) is 4.72. The van der Waals surface area contributed by atoms with Crippen LogP contribution in [-0.4, -0.2) is 59.5 Å². The summed E-state index contributed by atoms with van der Waals surface area (Å²) in [5.74, 6) is -3.43. The molecule has 0 spiro atoms. The average molecular weight is 300 g/mol. The molecule has 114 valence electrons. The summed E-state index contributed by atoms with van der Waals surface area (Å²) in [6.07, 6.45) is -4.16. The molecule has 7 N–H and O–H groups in total. The van der Waals surface area contributed by atoms with Gasteiger partial charge in [-0.1, -0.05) is 0 Å². The summed E-state index contributed by atoms with van der Waals surface area (Å²) in [6, 6.07) is 0. The van der Waals surface area contributed by atoms with Crippen molar-refractivity contribution in [2.45, 2.75) is 24.3 Å². The number of ether oxygens (including phenoxy) is 1. The van der Waals surface area contributed by atoms with Gasteiger partial charge in [0.1, 0.15) is 17.7 Å². The highest BCUT2D eigenvalue weighted by Crippen LogP contribution is 2.36. The lowest BCUT2D eigenvalue weighted by Gasteiger charge is -2.39. The molecule has 1 fully saturated rings. The van der Waals surface area contributed by atoms with Gasteiger partial charge < -0.3 is 31.5 Å². The number of aromatic nitrogens is 4. The number of alkyl halides is 1. The Morgan fingerprint density at radius 2 is 2.10 bits per heavy atom. The topological polar surface area (TPSA) is 166 Å². The van der Waals surface area contributed by atoms with Crippen LogP contribution in [0.1, 0.15) is 6.23 Å². The van der Waals surface area contributed by atoms with Gasteiger partial charge in [-0.3, -0.25) is 4.57 Å². The Kier molecular flexibility index (Phi) is 2.95. The van der Waals surface area contributed by atoms with E-state index in [0.29, 0.717) is 0 Å². The van der Waals surface area contributed by atoms with Crippen LogP contribution in [0.15, 0.2) is 6.33 Å². The van der Waals surface area contributed by atoms with E-state index < -0.39 is 24.3 Å². The van der Waals surface area contributed by atoms with Gasteiger partial charge in [0.15, 0.2) is 17.7 Å². The molecule has 0 bridgehead atoms. The summed E-state index contributed by atoms with van der Waals surface area (Å²) < 4.78 is 20.4. The zero-order valence-electron chi connectivity index (χ0n) is 10.6. The molecule has 0 radical (unpaired) electrons. The average Bonchev–Trinajstić information content (AvgIpc) is 2.80. The third kappa shape index (κ3) is 1.98. The summed E-state index contributed by atoms with van der Waals surface area (Å²) in [5, 5.41) is 28.7. The Balaban J connectivity index is 2.12. The van der Waals surface area contributed by atoms with Crippen LogP contribution in [0.2, 0.25) is 0 Å². The van der Waals surface area contributed by atoms with Gasteiger partial charge in [-0.25, -0.2) is 9.37 Å². The van der Waals surface area contributed by atoms with E-state index in [1.54, 1.807) is 0 Å². The molecular weight excluding hydrogens is 287 g/mol. The quantitative estimate of drug-likeness (QED) is 0.396. The Morgan fingerprint density at radius 1 is 1.38 bits per heavy atom. The van der Waals surface area contributed by atoms with Crippen molar-refractivity contribution in [1.29, 1.82) is 0 Å². The molecule has 3 heterocycles. The standard InChI is InChI=1S/C10H13FN6O4/c11-10(20)5(19)3(18)1-21-8(10)17-2-14-4-6(12)15-9(13)16-7(4)17/h2-3,5,8,18-20H,1H2,(H4,12,13,15,16)/t3-,5-,8-,10+/m1/s1. The number of hydrogen-bond donors (Lipinski definition) is 5. The van der Waals surface area contributed by atoms with Crippen LogP contribution in [0.3, 0.4) is 0 Å². The van der Waals surface area contributed by atoms with E-state index in [9.17, 15) is 19.7 Å². The van der Waals surface area contributed by atoms with Gasteiger partial charge in [0.25, 0.3) is 5.85 Å². The highest BCUT2D eigenvalue weighted by Gasteiger charge is 2.53. The molecule has 0 aliphatic carbocycles. The van der Waals surface area contributed by atoms with Crippen molar-refractivity contribution < 1.29 is 24.4 Å². The van der Waals surface area contributed by atoms with Crippen LogP contribution < -0.4 is 11.5 Å². The highest BCUT2D eigenvalue weighted by atomic mass is 19.2. The first-order valence-electron chi connectivity index (χ1n) is 5.97. The summed E-state index contributed by atoms with van der Waals surface area (Å²) >= 11 is 0. The number of fused-ring (bicyclic) bond motifs is 1. The Labute approximate surface area is 116 Å².